The highest BCUT2D eigenvalue weighted by molar-refractivity contribution is 5.93. The number of amides is 2. The van der Waals surface area contributed by atoms with Crippen molar-refractivity contribution in [2.75, 3.05) is 18.4 Å². The Morgan fingerprint density at radius 1 is 1.32 bits per heavy atom. The number of aromatic nitrogens is 1. The van der Waals surface area contributed by atoms with Crippen LogP contribution in [-0.2, 0) is 4.79 Å². The molecule has 1 aromatic carbocycles. The van der Waals surface area contributed by atoms with Crippen molar-refractivity contribution in [2.24, 2.45) is 17.6 Å². The fourth-order valence-electron chi connectivity index (χ4n) is 2.48. The van der Waals surface area contributed by atoms with Crippen molar-refractivity contribution in [3.63, 3.8) is 0 Å². The first kappa shape index (κ1) is 16.9. The van der Waals surface area contributed by atoms with Crippen molar-refractivity contribution >= 4 is 17.5 Å². The minimum atomic E-state index is -0.521. The van der Waals surface area contributed by atoms with Crippen molar-refractivity contribution in [2.45, 2.75) is 6.92 Å². The number of ether oxygens (including phenoxy) is 1. The molecule has 25 heavy (non-hydrogen) atoms. The molecule has 2 heterocycles. The van der Waals surface area contributed by atoms with E-state index in [-0.39, 0.29) is 11.8 Å². The fraction of sp³-hybridized carbons (Fsp3) is 0.278. The Morgan fingerprint density at radius 2 is 2.12 bits per heavy atom. The minimum Gasteiger partial charge on any atom is -0.439 e. The number of benzene rings is 1. The van der Waals surface area contributed by atoms with Crippen LogP contribution in [0.4, 0.5) is 5.69 Å². The molecule has 2 amide bonds. The number of carbonyl (C=O) groups excluding carboxylic acids is 2. The Bertz CT molecular complexity index is 772. The molecule has 3 rings (SSSR count). The third kappa shape index (κ3) is 4.13. The van der Waals surface area contributed by atoms with Crippen LogP contribution >= 0.6 is 0 Å². The average Bonchev–Trinajstić information content (AvgIpc) is 2.55. The number of primary amides is 1. The Kier molecular flexibility index (Phi) is 4.95. The first-order chi connectivity index (χ1) is 12.0. The van der Waals surface area contributed by atoms with Crippen molar-refractivity contribution in [1.82, 2.24) is 10.3 Å². The standard InChI is InChI=1S/C18H20N4O3/c1-11(13-8-20-9-13)18(24)22-14-5-6-16(21-10-14)25-15-4-2-3-12(7-15)17(19)23/h2-7,10-11,13,20H,8-9H2,1H3,(H2,19,23)(H,22,24). The second-order valence-electron chi connectivity index (χ2n) is 6.08. The van der Waals surface area contributed by atoms with Crippen molar-refractivity contribution in [3.8, 4) is 11.6 Å². The molecular formula is C18H20N4O3. The maximum atomic E-state index is 12.2. The highest BCUT2D eigenvalue weighted by Crippen LogP contribution is 2.22. The lowest BCUT2D eigenvalue weighted by Gasteiger charge is -2.31. The van der Waals surface area contributed by atoms with Gasteiger partial charge in [0.05, 0.1) is 11.9 Å². The molecule has 130 valence electrons. The van der Waals surface area contributed by atoms with Crippen LogP contribution in [0.25, 0.3) is 0 Å². The summed E-state index contributed by atoms with van der Waals surface area (Å²) in [5, 5.41) is 6.02. The Hall–Kier alpha value is -2.93. The van der Waals surface area contributed by atoms with Gasteiger partial charge in [-0.05, 0) is 43.3 Å². The summed E-state index contributed by atoms with van der Waals surface area (Å²) in [6.45, 7) is 3.69. The number of nitrogens with zero attached hydrogens (tertiary/aromatic N) is 1. The lowest BCUT2D eigenvalue weighted by molar-refractivity contribution is -0.121. The molecule has 1 atom stereocenters. The third-order valence-electron chi connectivity index (χ3n) is 4.28. The van der Waals surface area contributed by atoms with Gasteiger partial charge in [0.25, 0.3) is 0 Å². The molecule has 1 aromatic heterocycles. The molecule has 2 aromatic rings. The molecule has 0 spiro atoms. The Labute approximate surface area is 145 Å². The van der Waals surface area contributed by atoms with E-state index in [2.05, 4.69) is 15.6 Å². The lowest BCUT2D eigenvalue weighted by atomic mass is 9.88. The van der Waals surface area contributed by atoms with E-state index in [0.717, 1.165) is 13.1 Å². The number of carbonyl (C=O) groups is 2. The number of hydrogen-bond donors (Lipinski definition) is 3. The summed E-state index contributed by atoms with van der Waals surface area (Å²) in [6, 6.07) is 9.93. The van der Waals surface area contributed by atoms with Gasteiger partial charge in [0, 0.05) is 17.5 Å². The Morgan fingerprint density at radius 3 is 2.72 bits per heavy atom. The summed E-state index contributed by atoms with van der Waals surface area (Å²) < 4.78 is 5.60. The van der Waals surface area contributed by atoms with Gasteiger partial charge in [-0.3, -0.25) is 9.59 Å². The van der Waals surface area contributed by atoms with Gasteiger partial charge in [-0.2, -0.15) is 0 Å². The Balaban J connectivity index is 1.61. The van der Waals surface area contributed by atoms with Crippen LogP contribution in [-0.4, -0.2) is 29.9 Å². The van der Waals surface area contributed by atoms with E-state index in [4.69, 9.17) is 10.5 Å². The quantitative estimate of drug-likeness (QED) is 0.743. The summed E-state index contributed by atoms with van der Waals surface area (Å²) in [6.07, 6.45) is 1.54. The topological polar surface area (TPSA) is 106 Å². The summed E-state index contributed by atoms with van der Waals surface area (Å²) in [4.78, 5) is 27.5. The summed E-state index contributed by atoms with van der Waals surface area (Å²) in [5.41, 5.74) is 6.22. The number of anilines is 1. The summed E-state index contributed by atoms with van der Waals surface area (Å²) >= 11 is 0. The number of nitrogens with one attached hydrogen (secondary N) is 2. The van der Waals surface area contributed by atoms with E-state index in [1.165, 1.54) is 6.20 Å². The normalized spacial score (nSPS) is 15.1. The zero-order chi connectivity index (χ0) is 17.8. The maximum absolute atomic E-state index is 12.2. The lowest BCUT2D eigenvalue weighted by Crippen LogP contribution is -2.48. The molecular weight excluding hydrogens is 320 g/mol. The van der Waals surface area contributed by atoms with Crippen LogP contribution in [0.15, 0.2) is 42.6 Å². The average molecular weight is 340 g/mol. The van der Waals surface area contributed by atoms with E-state index in [0.29, 0.717) is 28.8 Å². The monoisotopic (exact) mass is 340 g/mol. The van der Waals surface area contributed by atoms with E-state index < -0.39 is 5.91 Å². The van der Waals surface area contributed by atoms with Gasteiger partial charge in [-0.15, -0.1) is 0 Å². The maximum Gasteiger partial charge on any atom is 0.248 e. The molecule has 1 saturated heterocycles. The zero-order valence-electron chi connectivity index (χ0n) is 13.9. The van der Waals surface area contributed by atoms with Gasteiger partial charge in [-0.1, -0.05) is 13.0 Å². The highest BCUT2D eigenvalue weighted by atomic mass is 16.5. The fourth-order valence-corrected chi connectivity index (χ4v) is 2.48. The van der Waals surface area contributed by atoms with E-state index in [1.54, 1.807) is 36.4 Å². The van der Waals surface area contributed by atoms with Gasteiger partial charge in [0.15, 0.2) is 0 Å². The SMILES string of the molecule is CC(C(=O)Nc1ccc(Oc2cccc(C(N)=O)c2)nc1)C1CNC1. The van der Waals surface area contributed by atoms with Crippen LogP contribution < -0.4 is 21.1 Å². The summed E-state index contributed by atoms with van der Waals surface area (Å²) in [5.74, 6) is 0.618. The van der Waals surface area contributed by atoms with Crippen molar-refractivity contribution in [3.05, 3.63) is 48.2 Å². The third-order valence-corrected chi connectivity index (χ3v) is 4.28. The first-order valence-electron chi connectivity index (χ1n) is 8.08. The molecule has 0 radical (unpaired) electrons. The molecule has 1 unspecified atom stereocenters. The van der Waals surface area contributed by atoms with E-state index >= 15 is 0 Å². The van der Waals surface area contributed by atoms with Crippen LogP contribution in [0.5, 0.6) is 11.6 Å². The first-order valence-corrected chi connectivity index (χ1v) is 8.08. The largest absolute Gasteiger partial charge is 0.439 e. The molecule has 0 saturated carbocycles. The molecule has 1 aliphatic rings. The van der Waals surface area contributed by atoms with Crippen LogP contribution in [0, 0.1) is 11.8 Å². The van der Waals surface area contributed by atoms with Gasteiger partial charge in [-0.25, -0.2) is 4.98 Å². The number of nitrogens with two attached hydrogens (primary N) is 1. The highest BCUT2D eigenvalue weighted by Gasteiger charge is 2.28. The van der Waals surface area contributed by atoms with Gasteiger partial charge in [0.1, 0.15) is 5.75 Å². The minimum absolute atomic E-state index is 0.0175. The molecule has 7 nitrogen and oxygen atoms in total. The van der Waals surface area contributed by atoms with E-state index in [9.17, 15) is 9.59 Å². The number of hydrogen-bond acceptors (Lipinski definition) is 5. The molecule has 7 heteroatoms. The van der Waals surface area contributed by atoms with Crippen LogP contribution in [0.3, 0.4) is 0 Å². The predicted molar refractivity (Wildman–Crippen MR) is 93.4 cm³/mol. The molecule has 1 fully saturated rings. The number of pyridine rings is 1. The molecule has 4 N–H and O–H groups in total. The molecule has 1 aliphatic heterocycles. The van der Waals surface area contributed by atoms with Crippen LogP contribution in [0.2, 0.25) is 0 Å². The second-order valence-corrected chi connectivity index (χ2v) is 6.08. The van der Waals surface area contributed by atoms with Gasteiger partial charge >= 0.3 is 0 Å². The molecule has 0 aliphatic carbocycles. The second kappa shape index (κ2) is 7.31. The summed E-state index contributed by atoms with van der Waals surface area (Å²) in [7, 11) is 0. The predicted octanol–water partition coefficient (Wildman–Crippen LogP) is 1.77. The van der Waals surface area contributed by atoms with Gasteiger partial charge in [0.2, 0.25) is 17.7 Å². The smallest absolute Gasteiger partial charge is 0.248 e. The van der Waals surface area contributed by atoms with Gasteiger partial charge < -0.3 is 21.1 Å². The van der Waals surface area contributed by atoms with Crippen molar-refractivity contribution < 1.29 is 14.3 Å². The molecule has 0 bridgehead atoms. The van der Waals surface area contributed by atoms with Crippen molar-refractivity contribution in [1.29, 1.82) is 0 Å². The van der Waals surface area contributed by atoms with Crippen LogP contribution in [0.1, 0.15) is 17.3 Å². The number of rotatable bonds is 6. The van der Waals surface area contributed by atoms with E-state index in [1.807, 2.05) is 6.92 Å². The zero-order valence-corrected chi connectivity index (χ0v) is 13.9.